The SMILES string of the molecule is Cc1nc(SCC(=O)N[C@@H]2CCCc3ccccc32)n(CC(C)C)c1C. The highest BCUT2D eigenvalue weighted by Gasteiger charge is 2.22. The van der Waals surface area contributed by atoms with Crippen molar-refractivity contribution in [3.8, 4) is 0 Å². The summed E-state index contributed by atoms with van der Waals surface area (Å²) in [5, 5.41) is 4.18. The Hall–Kier alpha value is -1.75. The van der Waals surface area contributed by atoms with Gasteiger partial charge in [0.1, 0.15) is 0 Å². The van der Waals surface area contributed by atoms with Crippen LogP contribution in [0.3, 0.4) is 0 Å². The van der Waals surface area contributed by atoms with Gasteiger partial charge >= 0.3 is 0 Å². The zero-order chi connectivity index (χ0) is 18.7. The number of aromatic nitrogens is 2. The molecule has 140 valence electrons. The second kappa shape index (κ2) is 8.30. The predicted octanol–water partition coefficient (Wildman–Crippen LogP) is 4.44. The number of benzene rings is 1. The van der Waals surface area contributed by atoms with Crippen LogP contribution in [0, 0.1) is 19.8 Å². The molecular formula is C21H29N3OS. The highest BCUT2D eigenvalue weighted by molar-refractivity contribution is 7.99. The van der Waals surface area contributed by atoms with E-state index in [1.165, 1.54) is 16.8 Å². The number of aryl methyl sites for hydroxylation is 2. The summed E-state index contributed by atoms with van der Waals surface area (Å²) in [6, 6.07) is 8.61. The maximum Gasteiger partial charge on any atom is 0.230 e. The standard InChI is InChI=1S/C21H29N3OS/c1-14(2)12-24-16(4)15(3)22-21(24)26-13-20(25)23-19-11-7-9-17-8-5-6-10-18(17)19/h5-6,8,10,14,19H,7,9,11-13H2,1-4H3,(H,23,25)/t19-/m1/s1. The molecule has 0 aliphatic heterocycles. The Kier molecular flexibility index (Phi) is 6.07. The van der Waals surface area contributed by atoms with Gasteiger partial charge in [-0.1, -0.05) is 49.9 Å². The lowest BCUT2D eigenvalue weighted by atomic mass is 9.88. The number of nitrogens with one attached hydrogen (secondary N) is 1. The second-order valence-corrected chi connectivity index (χ2v) is 8.51. The van der Waals surface area contributed by atoms with Crippen molar-refractivity contribution in [2.75, 3.05) is 5.75 Å². The van der Waals surface area contributed by atoms with Gasteiger partial charge in [-0.15, -0.1) is 0 Å². The minimum absolute atomic E-state index is 0.0890. The maximum atomic E-state index is 12.6. The van der Waals surface area contributed by atoms with E-state index in [-0.39, 0.29) is 11.9 Å². The summed E-state index contributed by atoms with van der Waals surface area (Å²) < 4.78 is 2.24. The topological polar surface area (TPSA) is 46.9 Å². The van der Waals surface area contributed by atoms with Gasteiger partial charge in [0, 0.05) is 12.2 Å². The first-order valence-corrected chi connectivity index (χ1v) is 10.5. The predicted molar refractivity (Wildman–Crippen MR) is 108 cm³/mol. The molecule has 0 spiro atoms. The molecule has 0 radical (unpaired) electrons. The minimum atomic E-state index is 0.0890. The quantitative estimate of drug-likeness (QED) is 0.764. The fraction of sp³-hybridized carbons (Fsp3) is 0.524. The molecule has 0 saturated heterocycles. The van der Waals surface area contributed by atoms with E-state index < -0.39 is 0 Å². The van der Waals surface area contributed by atoms with Crippen LogP contribution in [0.15, 0.2) is 29.4 Å². The van der Waals surface area contributed by atoms with Crippen molar-refractivity contribution in [1.82, 2.24) is 14.9 Å². The molecule has 1 aliphatic carbocycles. The molecule has 1 aromatic carbocycles. The number of nitrogens with zero attached hydrogens (tertiary/aromatic N) is 2. The smallest absolute Gasteiger partial charge is 0.230 e. The van der Waals surface area contributed by atoms with Crippen LogP contribution in [0.4, 0.5) is 0 Å². The number of imidazole rings is 1. The van der Waals surface area contributed by atoms with Gasteiger partial charge < -0.3 is 9.88 Å². The van der Waals surface area contributed by atoms with Gasteiger partial charge in [-0.05, 0) is 50.2 Å². The zero-order valence-electron chi connectivity index (χ0n) is 16.2. The number of carbonyl (C=O) groups excluding carboxylic acids is 1. The van der Waals surface area contributed by atoms with Crippen molar-refractivity contribution < 1.29 is 4.79 Å². The number of hydrogen-bond donors (Lipinski definition) is 1. The second-order valence-electron chi connectivity index (χ2n) is 7.57. The number of fused-ring (bicyclic) bond motifs is 1. The summed E-state index contributed by atoms with van der Waals surface area (Å²) in [5.41, 5.74) is 4.90. The number of amides is 1. The maximum absolute atomic E-state index is 12.6. The monoisotopic (exact) mass is 371 g/mol. The van der Waals surface area contributed by atoms with Crippen molar-refractivity contribution in [2.24, 2.45) is 5.92 Å². The fourth-order valence-electron chi connectivity index (χ4n) is 3.58. The van der Waals surface area contributed by atoms with Crippen LogP contribution in [0.2, 0.25) is 0 Å². The molecule has 1 aliphatic rings. The van der Waals surface area contributed by atoms with Gasteiger partial charge in [0.2, 0.25) is 5.91 Å². The molecule has 3 rings (SSSR count). The van der Waals surface area contributed by atoms with E-state index in [2.05, 4.69) is 59.9 Å². The third-order valence-electron chi connectivity index (χ3n) is 5.01. The number of carbonyl (C=O) groups is 1. The third kappa shape index (κ3) is 4.32. The zero-order valence-corrected chi connectivity index (χ0v) is 17.0. The molecule has 0 unspecified atom stereocenters. The van der Waals surface area contributed by atoms with Gasteiger partial charge in [-0.2, -0.15) is 0 Å². The summed E-state index contributed by atoms with van der Waals surface area (Å²) >= 11 is 1.54. The van der Waals surface area contributed by atoms with E-state index in [1.54, 1.807) is 11.8 Å². The minimum Gasteiger partial charge on any atom is -0.349 e. The highest BCUT2D eigenvalue weighted by atomic mass is 32.2. The first-order valence-electron chi connectivity index (χ1n) is 9.49. The number of thioether (sulfide) groups is 1. The van der Waals surface area contributed by atoms with Crippen molar-refractivity contribution in [3.05, 3.63) is 46.8 Å². The molecule has 1 atom stereocenters. The molecule has 1 heterocycles. The average molecular weight is 372 g/mol. The van der Waals surface area contributed by atoms with Crippen molar-refractivity contribution in [2.45, 2.75) is 64.7 Å². The molecule has 0 saturated carbocycles. The molecule has 0 fully saturated rings. The van der Waals surface area contributed by atoms with Crippen LogP contribution < -0.4 is 5.32 Å². The summed E-state index contributed by atoms with van der Waals surface area (Å²) in [5.74, 6) is 1.05. The molecular weight excluding hydrogens is 342 g/mol. The molecule has 2 aromatic rings. The van der Waals surface area contributed by atoms with Crippen LogP contribution in [0.1, 0.15) is 55.2 Å². The molecule has 1 amide bonds. The Balaban J connectivity index is 1.63. The van der Waals surface area contributed by atoms with Gasteiger partial charge in [0.15, 0.2) is 5.16 Å². The Morgan fingerprint density at radius 3 is 2.88 bits per heavy atom. The molecule has 1 aromatic heterocycles. The Morgan fingerprint density at radius 2 is 2.12 bits per heavy atom. The van der Waals surface area contributed by atoms with Crippen LogP contribution in [-0.4, -0.2) is 21.2 Å². The first kappa shape index (κ1) is 19.0. The Morgan fingerprint density at radius 1 is 1.35 bits per heavy atom. The van der Waals surface area contributed by atoms with E-state index in [0.29, 0.717) is 11.7 Å². The van der Waals surface area contributed by atoms with Crippen LogP contribution >= 0.6 is 11.8 Å². The van der Waals surface area contributed by atoms with E-state index in [0.717, 1.165) is 36.7 Å². The average Bonchev–Trinajstić information content (AvgIpc) is 2.87. The lowest BCUT2D eigenvalue weighted by Crippen LogP contribution is -2.32. The van der Waals surface area contributed by atoms with Crippen LogP contribution in [0.25, 0.3) is 0 Å². The van der Waals surface area contributed by atoms with Gasteiger partial charge in [-0.3, -0.25) is 4.79 Å². The first-order chi connectivity index (χ1) is 12.5. The number of hydrogen-bond acceptors (Lipinski definition) is 3. The van der Waals surface area contributed by atoms with E-state index in [9.17, 15) is 4.79 Å². The fourth-order valence-corrected chi connectivity index (χ4v) is 4.50. The molecule has 26 heavy (non-hydrogen) atoms. The van der Waals surface area contributed by atoms with Gasteiger partial charge in [0.05, 0.1) is 17.5 Å². The van der Waals surface area contributed by atoms with E-state index in [1.807, 2.05) is 6.92 Å². The lowest BCUT2D eigenvalue weighted by Gasteiger charge is -2.26. The lowest BCUT2D eigenvalue weighted by molar-refractivity contribution is -0.119. The van der Waals surface area contributed by atoms with Crippen LogP contribution in [0.5, 0.6) is 0 Å². The van der Waals surface area contributed by atoms with Gasteiger partial charge in [0.25, 0.3) is 0 Å². The summed E-state index contributed by atoms with van der Waals surface area (Å²) in [4.78, 5) is 17.2. The van der Waals surface area contributed by atoms with Crippen molar-refractivity contribution in [1.29, 1.82) is 0 Å². The van der Waals surface area contributed by atoms with E-state index >= 15 is 0 Å². The Bertz CT molecular complexity index is 782. The largest absolute Gasteiger partial charge is 0.349 e. The van der Waals surface area contributed by atoms with E-state index in [4.69, 9.17) is 0 Å². The molecule has 1 N–H and O–H groups in total. The number of rotatable bonds is 6. The summed E-state index contributed by atoms with van der Waals surface area (Å²) in [7, 11) is 0. The van der Waals surface area contributed by atoms with Gasteiger partial charge in [-0.25, -0.2) is 4.98 Å². The van der Waals surface area contributed by atoms with Crippen molar-refractivity contribution >= 4 is 17.7 Å². The summed E-state index contributed by atoms with van der Waals surface area (Å²) in [6.45, 7) is 9.49. The van der Waals surface area contributed by atoms with Crippen LogP contribution in [-0.2, 0) is 17.8 Å². The summed E-state index contributed by atoms with van der Waals surface area (Å²) in [6.07, 6.45) is 3.27. The third-order valence-corrected chi connectivity index (χ3v) is 5.98. The molecule has 0 bridgehead atoms. The van der Waals surface area contributed by atoms with Crippen molar-refractivity contribution in [3.63, 3.8) is 0 Å². The highest BCUT2D eigenvalue weighted by Crippen LogP contribution is 2.30. The molecule has 4 nitrogen and oxygen atoms in total. The molecule has 5 heteroatoms. The normalized spacial score (nSPS) is 16.6. The Labute approximate surface area is 160 Å².